The Labute approximate surface area is 124 Å². The summed E-state index contributed by atoms with van der Waals surface area (Å²) >= 11 is 3.75. The van der Waals surface area contributed by atoms with Crippen molar-refractivity contribution in [2.45, 2.75) is 26.7 Å². The van der Waals surface area contributed by atoms with Gasteiger partial charge in [-0.15, -0.1) is 22.7 Å². The summed E-state index contributed by atoms with van der Waals surface area (Å²) in [6.45, 7) is 4.16. The number of hydrogen-bond acceptors (Lipinski definition) is 4. The zero-order chi connectivity index (χ0) is 13.7. The summed E-state index contributed by atoms with van der Waals surface area (Å²) < 4.78 is 12.7. The van der Waals surface area contributed by atoms with Gasteiger partial charge >= 0.3 is 0 Å². The summed E-state index contributed by atoms with van der Waals surface area (Å²) in [5.74, 6) is 1.92. The van der Waals surface area contributed by atoms with Crippen molar-refractivity contribution in [3.63, 3.8) is 0 Å². The van der Waals surface area contributed by atoms with Gasteiger partial charge in [-0.05, 0) is 37.8 Å². The van der Waals surface area contributed by atoms with E-state index in [9.17, 15) is 0 Å². The first-order valence-corrected chi connectivity index (χ1v) is 8.34. The fraction of sp³-hybridized carbons (Fsp3) is 0.250. The lowest BCUT2D eigenvalue weighted by molar-refractivity contribution is 0.477. The van der Waals surface area contributed by atoms with Gasteiger partial charge in [0.2, 0.25) is 0 Å². The van der Waals surface area contributed by atoms with Crippen molar-refractivity contribution in [2.75, 3.05) is 0 Å². The van der Waals surface area contributed by atoms with Crippen LogP contribution in [0.2, 0.25) is 0 Å². The van der Waals surface area contributed by atoms with E-state index in [1.54, 1.807) is 6.26 Å². The monoisotopic (exact) mass is 302 g/mol. The van der Waals surface area contributed by atoms with Crippen LogP contribution in [-0.2, 0) is 12.8 Å². The first-order chi connectivity index (χ1) is 9.74. The Balaban J connectivity index is 1.67. The number of hydrogen-bond donors (Lipinski definition) is 0. The van der Waals surface area contributed by atoms with Gasteiger partial charge in [0.25, 0.3) is 0 Å². The highest BCUT2D eigenvalue weighted by molar-refractivity contribution is 7.23. The number of aryl methyl sites for hydroxylation is 4. The van der Waals surface area contributed by atoms with Gasteiger partial charge in [-0.25, -0.2) is 0 Å². The van der Waals surface area contributed by atoms with Crippen LogP contribution in [0.3, 0.4) is 0 Å². The molecule has 0 amide bonds. The summed E-state index contributed by atoms with van der Waals surface area (Å²) in [4.78, 5) is 2.89. The topological polar surface area (TPSA) is 26.3 Å². The summed E-state index contributed by atoms with van der Waals surface area (Å²) in [6, 6.07) is 4.22. The SMILES string of the molecule is Cc1sc(CCc2oc(C)c3occc23)c2sccc12. The normalized spacial score (nSPS) is 11.9. The molecule has 0 radical (unpaired) electrons. The number of furan rings is 2. The van der Waals surface area contributed by atoms with E-state index < -0.39 is 0 Å². The minimum Gasteiger partial charge on any atom is -0.462 e. The van der Waals surface area contributed by atoms with Crippen LogP contribution in [-0.4, -0.2) is 0 Å². The van der Waals surface area contributed by atoms with Crippen LogP contribution in [0.1, 0.15) is 21.3 Å². The molecule has 0 aliphatic heterocycles. The highest BCUT2D eigenvalue weighted by Crippen LogP contribution is 2.36. The Hall–Kier alpha value is -1.52. The second-order valence-electron chi connectivity index (χ2n) is 4.99. The standard InChI is InChI=1S/C16H14O2S2/c1-9-15-12(5-7-17-15)13(18-9)3-4-14-16-11(6-8-19-16)10(2)20-14/h5-8H,3-4H2,1-2H3. The predicted octanol–water partition coefficient (Wildman–Crippen LogP) is 5.70. The Morgan fingerprint density at radius 1 is 1.10 bits per heavy atom. The quantitative estimate of drug-likeness (QED) is 0.485. The van der Waals surface area contributed by atoms with Crippen LogP contribution in [0.25, 0.3) is 21.1 Å². The number of fused-ring (bicyclic) bond motifs is 2. The summed E-state index contributed by atoms with van der Waals surface area (Å²) in [6.07, 6.45) is 3.70. The van der Waals surface area contributed by atoms with Crippen molar-refractivity contribution in [1.29, 1.82) is 0 Å². The first kappa shape index (κ1) is 12.2. The highest BCUT2D eigenvalue weighted by atomic mass is 32.1. The molecule has 102 valence electrons. The van der Waals surface area contributed by atoms with E-state index >= 15 is 0 Å². The maximum absolute atomic E-state index is 5.84. The molecule has 0 fully saturated rings. The molecule has 0 bridgehead atoms. The van der Waals surface area contributed by atoms with Crippen LogP contribution in [0.5, 0.6) is 0 Å². The highest BCUT2D eigenvalue weighted by Gasteiger charge is 2.15. The molecule has 4 rings (SSSR count). The van der Waals surface area contributed by atoms with Crippen LogP contribution < -0.4 is 0 Å². The molecule has 0 unspecified atom stereocenters. The fourth-order valence-electron chi connectivity index (χ4n) is 2.75. The van der Waals surface area contributed by atoms with E-state index in [0.717, 1.165) is 35.3 Å². The Morgan fingerprint density at radius 3 is 2.90 bits per heavy atom. The molecule has 0 N–H and O–H groups in total. The Morgan fingerprint density at radius 2 is 2.00 bits per heavy atom. The van der Waals surface area contributed by atoms with E-state index in [0.29, 0.717) is 0 Å². The number of thiophene rings is 2. The molecule has 2 nitrogen and oxygen atoms in total. The summed E-state index contributed by atoms with van der Waals surface area (Å²) in [7, 11) is 0. The molecule has 0 aliphatic carbocycles. The Bertz CT molecular complexity index is 814. The second-order valence-corrected chi connectivity index (χ2v) is 7.22. The van der Waals surface area contributed by atoms with Crippen LogP contribution in [0, 0.1) is 13.8 Å². The molecule has 0 aliphatic rings. The molecular formula is C16H14O2S2. The molecule has 4 aromatic rings. The third-order valence-corrected chi connectivity index (χ3v) is 6.00. The van der Waals surface area contributed by atoms with Gasteiger partial charge in [-0.2, -0.15) is 0 Å². The second kappa shape index (κ2) is 4.50. The molecule has 4 heterocycles. The minimum atomic E-state index is 0.878. The zero-order valence-corrected chi connectivity index (χ0v) is 13.0. The third-order valence-electron chi connectivity index (χ3n) is 3.71. The molecule has 0 atom stereocenters. The lowest BCUT2D eigenvalue weighted by Gasteiger charge is -1.96. The van der Waals surface area contributed by atoms with Crippen molar-refractivity contribution in [3.8, 4) is 0 Å². The van der Waals surface area contributed by atoms with E-state index in [1.807, 2.05) is 35.7 Å². The van der Waals surface area contributed by atoms with E-state index in [2.05, 4.69) is 18.4 Å². The van der Waals surface area contributed by atoms with Crippen molar-refractivity contribution < 1.29 is 8.83 Å². The van der Waals surface area contributed by atoms with Gasteiger partial charge in [0.1, 0.15) is 11.5 Å². The van der Waals surface area contributed by atoms with E-state index in [-0.39, 0.29) is 0 Å². The maximum Gasteiger partial charge on any atom is 0.175 e. The van der Waals surface area contributed by atoms with Gasteiger partial charge in [-0.1, -0.05) is 0 Å². The average molecular weight is 302 g/mol. The smallest absolute Gasteiger partial charge is 0.175 e. The fourth-order valence-corrected chi connectivity index (χ4v) is 5.07. The maximum atomic E-state index is 5.84. The van der Waals surface area contributed by atoms with Gasteiger partial charge in [0, 0.05) is 26.3 Å². The van der Waals surface area contributed by atoms with Crippen LogP contribution >= 0.6 is 22.7 Å². The lowest BCUT2D eigenvalue weighted by Crippen LogP contribution is -1.86. The average Bonchev–Trinajstić information content (AvgIpc) is 3.15. The van der Waals surface area contributed by atoms with Crippen molar-refractivity contribution in [2.24, 2.45) is 0 Å². The minimum absolute atomic E-state index is 0.878. The van der Waals surface area contributed by atoms with Gasteiger partial charge in [0.05, 0.1) is 11.6 Å². The summed E-state index contributed by atoms with van der Waals surface area (Å²) in [5.41, 5.74) is 0.892. The lowest BCUT2D eigenvalue weighted by atomic mass is 10.1. The molecule has 4 aromatic heterocycles. The van der Waals surface area contributed by atoms with Crippen LogP contribution in [0.4, 0.5) is 0 Å². The molecule has 0 spiro atoms. The van der Waals surface area contributed by atoms with Gasteiger partial charge in [0.15, 0.2) is 5.58 Å². The first-order valence-electron chi connectivity index (χ1n) is 6.65. The van der Waals surface area contributed by atoms with Crippen molar-refractivity contribution in [3.05, 3.63) is 45.1 Å². The van der Waals surface area contributed by atoms with Gasteiger partial charge < -0.3 is 8.83 Å². The van der Waals surface area contributed by atoms with Crippen LogP contribution in [0.15, 0.2) is 32.6 Å². The molecule has 0 saturated carbocycles. The van der Waals surface area contributed by atoms with Crippen molar-refractivity contribution in [1.82, 2.24) is 0 Å². The molecular weight excluding hydrogens is 288 g/mol. The molecule has 20 heavy (non-hydrogen) atoms. The third kappa shape index (κ3) is 1.75. The molecule has 0 saturated heterocycles. The Kier molecular flexibility index (Phi) is 2.75. The zero-order valence-electron chi connectivity index (χ0n) is 11.4. The van der Waals surface area contributed by atoms with Gasteiger partial charge in [-0.3, -0.25) is 0 Å². The molecule has 4 heteroatoms. The van der Waals surface area contributed by atoms with E-state index in [1.165, 1.54) is 19.8 Å². The largest absolute Gasteiger partial charge is 0.462 e. The van der Waals surface area contributed by atoms with Crippen molar-refractivity contribution >= 4 is 43.7 Å². The number of rotatable bonds is 3. The van der Waals surface area contributed by atoms with E-state index in [4.69, 9.17) is 8.83 Å². The molecule has 0 aromatic carbocycles. The summed E-state index contributed by atoms with van der Waals surface area (Å²) in [5, 5.41) is 4.72. The predicted molar refractivity (Wildman–Crippen MR) is 85.1 cm³/mol.